The van der Waals surface area contributed by atoms with Gasteiger partial charge in [-0.1, -0.05) is 19.1 Å². The summed E-state index contributed by atoms with van der Waals surface area (Å²) in [6.45, 7) is 1.84. The number of nitrogens with zero attached hydrogens (tertiary/aromatic N) is 3. The lowest BCUT2D eigenvalue weighted by atomic mass is 9.99. The Balaban J connectivity index is 1.48. The summed E-state index contributed by atoms with van der Waals surface area (Å²) in [5, 5.41) is 12.5. The highest BCUT2D eigenvalue weighted by atomic mass is 19.4. The number of aromatic nitrogens is 3. The number of aliphatic hydroxyl groups excluding tert-OH is 1. The third-order valence-corrected chi connectivity index (χ3v) is 6.21. The van der Waals surface area contributed by atoms with Gasteiger partial charge in [0.05, 0.1) is 11.6 Å². The van der Waals surface area contributed by atoms with Crippen molar-refractivity contribution in [1.29, 1.82) is 0 Å². The fourth-order valence-electron chi connectivity index (χ4n) is 4.34. The molecule has 3 aromatic rings. The quantitative estimate of drug-likeness (QED) is 0.362. The number of nitrogens with one attached hydrogen (secondary N) is 1. The van der Waals surface area contributed by atoms with Gasteiger partial charge in [0.1, 0.15) is 24.1 Å². The lowest BCUT2D eigenvalue weighted by molar-refractivity contribution is -0.274. The maximum absolute atomic E-state index is 14.7. The molecule has 0 amide bonds. The second kappa shape index (κ2) is 10.0. The number of benzene rings is 1. The van der Waals surface area contributed by atoms with Gasteiger partial charge in [-0.3, -0.25) is 4.79 Å². The van der Waals surface area contributed by atoms with Crippen LogP contribution in [0.15, 0.2) is 55.2 Å². The van der Waals surface area contributed by atoms with Gasteiger partial charge in [-0.05, 0) is 42.0 Å². The first kappa shape index (κ1) is 24.6. The van der Waals surface area contributed by atoms with Crippen LogP contribution >= 0.6 is 0 Å². The number of halogens is 4. The average Bonchev–Trinajstić information content (AvgIpc) is 3.38. The minimum Gasteiger partial charge on any atom is -0.406 e. The van der Waals surface area contributed by atoms with Crippen LogP contribution in [0.4, 0.5) is 23.4 Å². The van der Waals surface area contributed by atoms with Crippen LogP contribution in [0.3, 0.4) is 0 Å². The number of hydrogen-bond acceptors (Lipinski definition) is 6. The number of rotatable bonds is 8. The van der Waals surface area contributed by atoms with E-state index < -0.39 is 18.6 Å². The molecule has 2 aromatic heterocycles. The fourth-order valence-corrected chi connectivity index (χ4v) is 4.34. The maximum atomic E-state index is 14.7. The minimum absolute atomic E-state index is 0.117. The third-order valence-electron chi connectivity index (χ3n) is 6.21. The first-order valence-corrected chi connectivity index (χ1v) is 11.0. The monoisotopic (exact) mass is 492 g/mol. The van der Waals surface area contributed by atoms with Gasteiger partial charge in [-0.2, -0.15) is 0 Å². The van der Waals surface area contributed by atoms with Gasteiger partial charge in [0.2, 0.25) is 0 Å². The topological polar surface area (TPSA) is 89.3 Å². The number of anilines is 1. The Morgan fingerprint density at radius 2 is 2.11 bits per heavy atom. The molecule has 2 heterocycles. The zero-order valence-corrected chi connectivity index (χ0v) is 18.7. The third kappa shape index (κ3) is 5.79. The molecule has 1 aromatic carbocycles. The molecule has 0 aliphatic heterocycles. The molecule has 1 saturated carbocycles. The van der Waals surface area contributed by atoms with Crippen LogP contribution in [0.25, 0.3) is 0 Å². The van der Waals surface area contributed by atoms with Gasteiger partial charge < -0.3 is 19.7 Å². The van der Waals surface area contributed by atoms with E-state index in [2.05, 4.69) is 20.0 Å². The van der Waals surface area contributed by atoms with Gasteiger partial charge in [0.25, 0.3) is 0 Å². The van der Waals surface area contributed by atoms with Crippen LogP contribution in [0.5, 0.6) is 5.75 Å². The van der Waals surface area contributed by atoms with Crippen LogP contribution in [-0.2, 0) is 6.54 Å². The molecule has 4 atom stereocenters. The van der Waals surface area contributed by atoms with Crippen molar-refractivity contribution in [2.75, 3.05) is 11.9 Å². The molecule has 1 aliphatic rings. The Morgan fingerprint density at radius 3 is 2.83 bits per heavy atom. The van der Waals surface area contributed by atoms with E-state index in [4.69, 9.17) is 0 Å². The molecule has 35 heavy (non-hydrogen) atoms. The van der Waals surface area contributed by atoms with Crippen molar-refractivity contribution in [2.45, 2.75) is 38.5 Å². The first-order valence-electron chi connectivity index (χ1n) is 11.0. The number of alkyl halides is 4. The molecule has 11 heteroatoms. The van der Waals surface area contributed by atoms with Gasteiger partial charge >= 0.3 is 6.36 Å². The van der Waals surface area contributed by atoms with E-state index in [-0.39, 0.29) is 47.9 Å². The van der Waals surface area contributed by atoms with E-state index in [1.165, 1.54) is 30.7 Å². The van der Waals surface area contributed by atoms with Gasteiger partial charge in [0, 0.05) is 37.3 Å². The zero-order valence-electron chi connectivity index (χ0n) is 18.7. The summed E-state index contributed by atoms with van der Waals surface area (Å²) in [5.74, 6) is -1.02. The summed E-state index contributed by atoms with van der Waals surface area (Å²) in [4.78, 5) is 21.2. The SMILES string of the molecule is C[C@@H]1[C@@H](CO)C[C@@H](Nc2ncncc2C(=O)c2ccn(Cc3cccc(OC(F)(F)F)c3)c2)[C@H]1F. The summed E-state index contributed by atoms with van der Waals surface area (Å²) in [6.07, 6.45) is 0.217. The highest BCUT2D eigenvalue weighted by Crippen LogP contribution is 2.36. The van der Waals surface area contributed by atoms with E-state index in [1.807, 2.05) is 0 Å². The summed E-state index contributed by atoms with van der Waals surface area (Å²) in [5.41, 5.74) is 1.03. The smallest absolute Gasteiger partial charge is 0.406 e. The Morgan fingerprint density at radius 1 is 1.31 bits per heavy atom. The standard InChI is InChI=1S/C24H24F4N4O3/c1-14-17(12-33)8-20(21(14)25)31-23-19(9-29-13-30-23)22(34)16-5-6-32(11-16)10-15-3-2-4-18(7-15)35-24(26,27)28/h2-7,9,11,13-14,17,20-21,33H,8,10,12H2,1H3,(H,29,30,31)/t14-,17-,20-,21+/m1/s1. The molecule has 186 valence electrons. The lowest BCUT2D eigenvalue weighted by Crippen LogP contribution is -2.29. The Labute approximate surface area is 198 Å². The largest absolute Gasteiger partial charge is 0.573 e. The Hall–Kier alpha value is -3.47. The minimum atomic E-state index is -4.78. The molecule has 0 spiro atoms. The highest BCUT2D eigenvalue weighted by Gasteiger charge is 2.41. The Kier molecular flexibility index (Phi) is 7.06. The maximum Gasteiger partial charge on any atom is 0.573 e. The molecule has 0 saturated heterocycles. The van der Waals surface area contributed by atoms with Crippen LogP contribution in [0.2, 0.25) is 0 Å². The summed E-state index contributed by atoms with van der Waals surface area (Å²) >= 11 is 0. The van der Waals surface area contributed by atoms with Crippen molar-refractivity contribution in [3.8, 4) is 5.75 Å². The number of aliphatic hydroxyl groups is 1. The van der Waals surface area contributed by atoms with E-state index in [9.17, 15) is 27.5 Å². The highest BCUT2D eigenvalue weighted by molar-refractivity contribution is 6.11. The van der Waals surface area contributed by atoms with Crippen molar-refractivity contribution in [1.82, 2.24) is 14.5 Å². The van der Waals surface area contributed by atoms with E-state index in [0.717, 1.165) is 0 Å². The van der Waals surface area contributed by atoms with E-state index in [0.29, 0.717) is 17.5 Å². The van der Waals surface area contributed by atoms with Crippen molar-refractivity contribution in [2.24, 2.45) is 11.8 Å². The number of hydrogen-bond donors (Lipinski definition) is 2. The molecule has 0 unspecified atom stereocenters. The molecule has 7 nitrogen and oxygen atoms in total. The molecular formula is C24H24F4N4O3. The van der Waals surface area contributed by atoms with Gasteiger partial charge in [-0.25, -0.2) is 14.4 Å². The van der Waals surface area contributed by atoms with E-state index >= 15 is 0 Å². The predicted molar refractivity (Wildman–Crippen MR) is 119 cm³/mol. The van der Waals surface area contributed by atoms with E-state index in [1.54, 1.807) is 36.0 Å². The zero-order chi connectivity index (χ0) is 25.2. The number of ketones is 1. The van der Waals surface area contributed by atoms with Crippen LogP contribution in [0, 0.1) is 11.8 Å². The normalized spacial score (nSPS) is 22.2. The fraction of sp³-hybridized carbons (Fsp3) is 0.375. The lowest BCUT2D eigenvalue weighted by Gasteiger charge is -2.18. The average molecular weight is 492 g/mol. The number of carbonyl (C=O) groups excluding carboxylic acids is 1. The summed E-state index contributed by atoms with van der Waals surface area (Å²) in [6, 6.07) is 6.56. The van der Waals surface area contributed by atoms with Crippen molar-refractivity contribution in [3.63, 3.8) is 0 Å². The molecule has 4 rings (SSSR count). The molecular weight excluding hydrogens is 468 g/mol. The van der Waals surface area contributed by atoms with Gasteiger partial charge in [0.15, 0.2) is 5.78 Å². The number of carbonyl (C=O) groups is 1. The Bertz CT molecular complexity index is 1180. The second-order valence-corrected chi connectivity index (χ2v) is 8.61. The van der Waals surface area contributed by atoms with Crippen LogP contribution < -0.4 is 10.1 Å². The summed E-state index contributed by atoms with van der Waals surface area (Å²) in [7, 11) is 0. The summed E-state index contributed by atoms with van der Waals surface area (Å²) < 4.78 is 57.8. The molecule has 2 N–H and O–H groups in total. The molecule has 1 aliphatic carbocycles. The van der Waals surface area contributed by atoms with Crippen molar-refractivity contribution >= 4 is 11.6 Å². The second-order valence-electron chi connectivity index (χ2n) is 8.61. The predicted octanol–water partition coefficient (Wildman–Crippen LogP) is 4.22. The molecule has 0 bridgehead atoms. The molecule has 0 radical (unpaired) electrons. The van der Waals surface area contributed by atoms with Crippen LogP contribution in [-0.4, -0.2) is 50.6 Å². The molecule has 1 fully saturated rings. The number of ether oxygens (including phenoxy) is 1. The van der Waals surface area contributed by atoms with Crippen molar-refractivity contribution in [3.05, 3.63) is 71.9 Å². The first-order chi connectivity index (χ1) is 16.6. The van der Waals surface area contributed by atoms with Gasteiger partial charge in [-0.15, -0.1) is 13.2 Å². The van der Waals surface area contributed by atoms with Crippen LogP contribution in [0.1, 0.15) is 34.8 Å². The van der Waals surface area contributed by atoms with Crippen molar-refractivity contribution < 1.29 is 32.2 Å².